The minimum atomic E-state index is -0.446. The third-order valence-corrected chi connectivity index (χ3v) is 7.00. The van der Waals surface area contributed by atoms with Crippen molar-refractivity contribution in [2.45, 2.75) is 76.9 Å². The van der Waals surface area contributed by atoms with E-state index >= 15 is 0 Å². The van der Waals surface area contributed by atoms with Gasteiger partial charge in [-0.3, -0.25) is 0 Å². The Morgan fingerprint density at radius 2 is 1.77 bits per heavy atom. The number of hydrogen-bond donors (Lipinski definition) is 1. The van der Waals surface area contributed by atoms with Gasteiger partial charge < -0.3 is 19.3 Å². The summed E-state index contributed by atoms with van der Waals surface area (Å²) in [6, 6.07) is 6.19. The van der Waals surface area contributed by atoms with Crippen LogP contribution in [-0.4, -0.2) is 37.0 Å². The van der Waals surface area contributed by atoms with Crippen molar-refractivity contribution in [2.24, 2.45) is 11.8 Å². The molecule has 3 rings (SSSR count). The Bertz CT molecular complexity index is 700. The molecule has 0 radical (unpaired) electrons. The highest BCUT2D eigenvalue weighted by atomic mass is 16.5. The Labute approximate surface area is 186 Å². The zero-order chi connectivity index (χ0) is 22.1. The highest BCUT2D eigenvalue weighted by Crippen LogP contribution is 2.43. The van der Waals surface area contributed by atoms with Crippen LogP contribution in [0.5, 0.6) is 5.75 Å². The standard InChI is InChI=1S/C26H38O5/c1-3-26(28)31-18-23-17-22(11-14-25(23)30-16-15-27)21-7-5-19(6-8-21)20-9-12-24(13-10-20)29-4-2/h3,11,14,17,19-21,24,27H,1,4-10,12-13,15-16,18H2,2H3. The first kappa shape index (κ1) is 23.8. The van der Waals surface area contributed by atoms with Crippen LogP contribution in [0.1, 0.15) is 75.3 Å². The summed E-state index contributed by atoms with van der Waals surface area (Å²) in [6.07, 6.45) is 11.7. The normalized spacial score (nSPS) is 26.3. The van der Waals surface area contributed by atoms with E-state index in [0.717, 1.165) is 24.0 Å². The van der Waals surface area contributed by atoms with Crippen molar-refractivity contribution in [2.75, 3.05) is 19.8 Å². The number of benzene rings is 1. The molecule has 2 aliphatic rings. The summed E-state index contributed by atoms with van der Waals surface area (Å²) < 4.78 is 16.7. The van der Waals surface area contributed by atoms with Crippen molar-refractivity contribution in [1.82, 2.24) is 0 Å². The Morgan fingerprint density at radius 3 is 2.39 bits per heavy atom. The van der Waals surface area contributed by atoms with E-state index in [1.807, 2.05) is 6.07 Å². The van der Waals surface area contributed by atoms with Gasteiger partial charge in [0.15, 0.2) is 0 Å². The van der Waals surface area contributed by atoms with Gasteiger partial charge >= 0.3 is 5.97 Å². The van der Waals surface area contributed by atoms with E-state index < -0.39 is 5.97 Å². The highest BCUT2D eigenvalue weighted by Gasteiger charge is 2.31. The van der Waals surface area contributed by atoms with Gasteiger partial charge in [-0.25, -0.2) is 4.79 Å². The summed E-state index contributed by atoms with van der Waals surface area (Å²) in [7, 11) is 0. The minimum Gasteiger partial charge on any atom is -0.491 e. The molecule has 0 saturated heterocycles. The second kappa shape index (κ2) is 12.3. The lowest BCUT2D eigenvalue weighted by Gasteiger charge is -2.38. The number of carbonyl (C=O) groups excluding carboxylic acids is 1. The van der Waals surface area contributed by atoms with E-state index in [0.29, 0.717) is 17.8 Å². The lowest BCUT2D eigenvalue weighted by molar-refractivity contribution is -0.139. The molecular weight excluding hydrogens is 392 g/mol. The molecule has 0 bridgehead atoms. The minimum absolute atomic E-state index is 0.0515. The molecule has 0 aliphatic heterocycles. The Kier molecular flexibility index (Phi) is 9.41. The molecule has 0 spiro atoms. The molecule has 5 nitrogen and oxygen atoms in total. The average Bonchev–Trinajstić information content (AvgIpc) is 2.82. The van der Waals surface area contributed by atoms with Crippen LogP contribution in [-0.2, 0) is 20.9 Å². The molecule has 1 aromatic carbocycles. The van der Waals surface area contributed by atoms with Crippen LogP contribution >= 0.6 is 0 Å². The molecule has 5 heteroatoms. The van der Waals surface area contributed by atoms with Gasteiger partial charge in [-0.1, -0.05) is 12.6 Å². The quantitative estimate of drug-likeness (QED) is 0.410. The number of hydrogen-bond acceptors (Lipinski definition) is 5. The molecule has 0 aromatic heterocycles. The smallest absolute Gasteiger partial charge is 0.330 e. The molecular formula is C26H38O5. The number of aliphatic hydroxyl groups excluding tert-OH is 1. The zero-order valence-corrected chi connectivity index (χ0v) is 18.9. The fraction of sp³-hybridized carbons (Fsp3) is 0.654. The highest BCUT2D eigenvalue weighted by molar-refractivity contribution is 5.81. The van der Waals surface area contributed by atoms with Crippen LogP contribution < -0.4 is 4.74 Å². The van der Waals surface area contributed by atoms with E-state index in [2.05, 4.69) is 25.6 Å². The topological polar surface area (TPSA) is 65.0 Å². The SMILES string of the molecule is C=CC(=O)OCc1cc(C2CCC(C3CCC(OCC)CC3)CC2)ccc1OCCO. The summed E-state index contributed by atoms with van der Waals surface area (Å²) in [5, 5.41) is 9.08. The van der Waals surface area contributed by atoms with Crippen molar-refractivity contribution in [3.8, 4) is 5.75 Å². The molecule has 2 fully saturated rings. The molecule has 2 saturated carbocycles. The van der Waals surface area contributed by atoms with Gasteiger partial charge in [0, 0.05) is 18.2 Å². The number of carbonyl (C=O) groups is 1. The van der Waals surface area contributed by atoms with Gasteiger partial charge in [-0.2, -0.15) is 0 Å². The molecule has 1 N–H and O–H groups in total. The van der Waals surface area contributed by atoms with E-state index in [1.165, 1.54) is 63.0 Å². The van der Waals surface area contributed by atoms with Crippen molar-refractivity contribution in [3.05, 3.63) is 42.0 Å². The second-order valence-electron chi connectivity index (χ2n) is 8.85. The first-order valence-corrected chi connectivity index (χ1v) is 11.9. The molecule has 0 heterocycles. The molecule has 1 aromatic rings. The van der Waals surface area contributed by atoms with Crippen molar-refractivity contribution < 1.29 is 24.1 Å². The zero-order valence-electron chi connectivity index (χ0n) is 18.9. The van der Waals surface area contributed by atoms with E-state index in [1.54, 1.807) is 0 Å². The predicted molar refractivity (Wildman–Crippen MR) is 121 cm³/mol. The van der Waals surface area contributed by atoms with Gasteiger partial charge in [-0.05, 0) is 93.7 Å². The average molecular weight is 431 g/mol. The fourth-order valence-corrected chi connectivity index (χ4v) is 5.36. The Hall–Kier alpha value is -1.85. The fourth-order valence-electron chi connectivity index (χ4n) is 5.36. The van der Waals surface area contributed by atoms with Crippen LogP contribution in [0, 0.1) is 11.8 Å². The first-order valence-electron chi connectivity index (χ1n) is 11.9. The van der Waals surface area contributed by atoms with Crippen LogP contribution in [0.15, 0.2) is 30.9 Å². The van der Waals surface area contributed by atoms with Crippen LogP contribution in [0.25, 0.3) is 0 Å². The summed E-state index contributed by atoms with van der Waals surface area (Å²) in [4.78, 5) is 11.5. The number of esters is 1. The lowest BCUT2D eigenvalue weighted by atomic mass is 9.69. The van der Waals surface area contributed by atoms with Crippen LogP contribution in [0.3, 0.4) is 0 Å². The molecule has 2 aliphatic carbocycles. The number of aliphatic hydroxyl groups is 1. The van der Waals surface area contributed by atoms with Crippen molar-refractivity contribution >= 4 is 5.97 Å². The molecule has 0 amide bonds. The van der Waals surface area contributed by atoms with Gasteiger partial charge in [-0.15, -0.1) is 0 Å². The second-order valence-corrected chi connectivity index (χ2v) is 8.85. The van der Waals surface area contributed by atoms with Gasteiger partial charge in [0.05, 0.1) is 12.7 Å². The first-order chi connectivity index (χ1) is 15.1. The summed E-state index contributed by atoms with van der Waals surface area (Å²) >= 11 is 0. The molecule has 172 valence electrons. The van der Waals surface area contributed by atoms with Gasteiger partial charge in [0.2, 0.25) is 0 Å². The number of ether oxygens (including phenoxy) is 3. The maximum absolute atomic E-state index is 11.5. The Balaban J connectivity index is 1.57. The van der Waals surface area contributed by atoms with E-state index in [4.69, 9.17) is 19.3 Å². The Morgan fingerprint density at radius 1 is 1.10 bits per heavy atom. The third kappa shape index (κ3) is 6.81. The van der Waals surface area contributed by atoms with Crippen LogP contribution in [0.2, 0.25) is 0 Å². The summed E-state index contributed by atoms with van der Waals surface area (Å²) in [5.74, 6) is 2.46. The third-order valence-electron chi connectivity index (χ3n) is 7.00. The predicted octanol–water partition coefficient (Wildman–Crippen LogP) is 5.16. The number of rotatable bonds is 10. The largest absolute Gasteiger partial charge is 0.491 e. The van der Waals surface area contributed by atoms with E-state index in [9.17, 15) is 4.79 Å². The van der Waals surface area contributed by atoms with E-state index in [-0.39, 0.29) is 19.8 Å². The maximum Gasteiger partial charge on any atom is 0.330 e. The van der Waals surface area contributed by atoms with Crippen LogP contribution in [0.4, 0.5) is 0 Å². The maximum atomic E-state index is 11.5. The molecule has 0 atom stereocenters. The van der Waals surface area contributed by atoms with Crippen molar-refractivity contribution in [1.29, 1.82) is 0 Å². The van der Waals surface area contributed by atoms with Crippen molar-refractivity contribution in [3.63, 3.8) is 0 Å². The molecule has 0 unspecified atom stereocenters. The summed E-state index contributed by atoms with van der Waals surface area (Å²) in [6.45, 7) is 6.69. The van der Waals surface area contributed by atoms with Gasteiger partial charge in [0.1, 0.15) is 19.0 Å². The lowest BCUT2D eigenvalue weighted by Crippen LogP contribution is -2.28. The monoisotopic (exact) mass is 430 g/mol. The molecule has 31 heavy (non-hydrogen) atoms. The summed E-state index contributed by atoms with van der Waals surface area (Å²) in [5.41, 5.74) is 2.14. The van der Waals surface area contributed by atoms with Gasteiger partial charge in [0.25, 0.3) is 0 Å².